The zero-order valence-corrected chi connectivity index (χ0v) is 12.7. The quantitative estimate of drug-likeness (QED) is 0.292. The van der Waals surface area contributed by atoms with E-state index in [2.05, 4.69) is 10.5 Å². The molecule has 2 aromatic rings. The first-order chi connectivity index (χ1) is 11.1. The van der Waals surface area contributed by atoms with E-state index >= 15 is 0 Å². The number of nitrogens with one attached hydrogen (secondary N) is 1. The van der Waals surface area contributed by atoms with Gasteiger partial charge >= 0.3 is 0 Å². The van der Waals surface area contributed by atoms with Crippen LogP contribution in [0.5, 0.6) is 0 Å². The molecule has 0 bridgehead atoms. The van der Waals surface area contributed by atoms with Crippen LogP contribution >= 0.6 is 11.6 Å². The smallest absolute Gasteiger partial charge is 0.230 e. The van der Waals surface area contributed by atoms with Gasteiger partial charge in [-0.15, -0.1) is 0 Å². The zero-order valence-electron chi connectivity index (χ0n) is 11.9. The molecule has 0 fully saturated rings. The van der Waals surface area contributed by atoms with E-state index < -0.39 is 11.9 Å². The molecule has 0 saturated heterocycles. The lowest BCUT2D eigenvalue weighted by Crippen LogP contribution is -2.30. The van der Waals surface area contributed by atoms with Crippen molar-refractivity contribution in [2.45, 2.75) is 6.04 Å². The van der Waals surface area contributed by atoms with E-state index in [-0.39, 0.29) is 17.8 Å². The molecular weight excluding hydrogens is 321 g/mol. The second kappa shape index (κ2) is 6.26. The average Bonchev–Trinajstić information content (AvgIpc) is 2.64. The average molecular weight is 334 g/mol. The molecule has 1 heterocycles. The van der Waals surface area contributed by atoms with Gasteiger partial charge in [0.05, 0.1) is 17.3 Å². The lowest BCUT2D eigenvalue weighted by atomic mass is 10.00. The Morgan fingerprint density at radius 1 is 1.30 bits per heavy atom. The van der Waals surface area contributed by atoms with Gasteiger partial charge in [0, 0.05) is 10.7 Å². The van der Waals surface area contributed by atoms with E-state index in [0.29, 0.717) is 21.0 Å². The summed E-state index contributed by atoms with van der Waals surface area (Å²) in [6.45, 7) is -0.0416. The van der Waals surface area contributed by atoms with Gasteiger partial charge < -0.3 is 15.7 Å². The van der Waals surface area contributed by atoms with Gasteiger partial charge in [0.25, 0.3) is 0 Å². The molecule has 0 spiro atoms. The number of hydrogen-bond acceptors (Lipinski definition) is 4. The predicted octanol–water partition coefficient (Wildman–Crippen LogP) is 3.08. The van der Waals surface area contributed by atoms with Gasteiger partial charge in [-0.2, -0.15) is 0 Å². The van der Waals surface area contributed by atoms with Crippen LogP contribution in [0, 0.1) is 11.0 Å². The first kappa shape index (κ1) is 15.3. The molecule has 3 rings (SSSR count). The van der Waals surface area contributed by atoms with Crippen LogP contribution in [0.1, 0.15) is 11.1 Å². The summed E-state index contributed by atoms with van der Waals surface area (Å²) in [7, 11) is 0. The molecule has 2 N–H and O–H groups in total. The van der Waals surface area contributed by atoms with Crippen molar-refractivity contribution in [2.75, 3.05) is 11.9 Å². The monoisotopic (exact) mass is 333 g/mol. The highest BCUT2D eigenvalue weighted by Gasteiger charge is 2.28. The standard InChI is InChI=1S/C16H13ClFN3O2/c17-10-5-6-15-13(7-10)16(12-3-1-2-4-14(12)18)21(23)9-11(20-15)8-19-22/h1-8,11,20,22H,9H2. The normalized spacial score (nSPS) is 17.7. The van der Waals surface area contributed by atoms with Gasteiger partial charge in [0.1, 0.15) is 11.9 Å². The SMILES string of the molecule is [O-][N+]1=C(c2ccccc2F)c2cc(Cl)ccc2NC(C=NO)C1. The second-order valence-corrected chi connectivity index (χ2v) is 5.53. The van der Waals surface area contributed by atoms with Gasteiger partial charge in [-0.25, -0.2) is 9.13 Å². The lowest BCUT2D eigenvalue weighted by Gasteiger charge is -2.11. The molecule has 1 atom stereocenters. The molecule has 5 nitrogen and oxygen atoms in total. The fourth-order valence-corrected chi connectivity index (χ4v) is 2.76. The molecule has 0 saturated carbocycles. The summed E-state index contributed by atoms with van der Waals surface area (Å²) in [5, 5.41) is 27.8. The molecule has 0 radical (unpaired) electrons. The number of halogens is 2. The van der Waals surface area contributed by atoms with Gasteiger partial charge in [-0.05, 0) is 30.3 Å². The molecule has 0 amide bonds. The molecule has 7 heteroatoms. The van der Waals surface area contributed by atoms with Crippen molar-refractivity contribution in [3.63, 3.8) is 0 Å². The minimum Gasteiger partial charge on any atom is -0.623 e. The third-order valence-corrected chi connectivity index (χ3v) is 3.80. The molecule has 23 heavy (non-hydrogen) atoms. The molecule has 2 aromatic carbocycles. The summed E-state index contributed by atoms with van der Waals surface area (Å²) in [6.07, 6.45) is 1.22. The Kier molecular flexibility index (Phi) is 4.16. The van der Waals surface area contributed by atoms with Crippen LogP contribution in [0.2, 0.25) is 5.02 Å². The van der Waals surface area contributed by atoms with Crippen LogP contribution in [0.4, 0.5) is 10.1 Å². The Labute approximate surface area is 136 Å². The predicted molar refractivity (Wildman–Crippen MR) is 87.2 cm³/mol. The molecule has 0 aliphatic carbocycles. The van der Waals surface area contributed by atoms with E-state index in [9.17, 15) is 9.60 Å². The van der Waals surface area contributed by atoms with Gasteiger partial charge in [-0.3, -0.25) is 0 Å². The van der Waals surface area contributed by atoms with Crippen molar-refractivity contribution < 1.29 is 14.3 Å². The van der Waals surface area contributed by atoms with Gasteiger partial charge in [0.2, 0.25) is 5.71 Å². The highest BCUT2D eigenvalue weighted by Crippen LogP contribution is 2.27. The summed E-state index contributed by atoms with van der Waals surface area (Å²) in [4.78, 5) is 0. The van der Waals surface area contributed by atoms with E-state index in [1.807, 2.05) is 0 Å². The van der Waals surface area contributed by atoms with Crippen molar-refractivity contribution in [3.8, 4) is 0 Å². The second-order valence-electron chi connectivity index (χ2n) is 5.09. The zero-order chi connectivity index (χ0) is 16.4. The number of benzodiazepines with no additional fused rings is 1. The topological polar surface area (TPSA) is 70.7 Å². The van der Waals surface area contributed by atoms with E-state index in [1.54, 1.807) is 36.4 Å². The Morgan fingerprint density at radius 3 is 2.83 bits per heavy atom. The maximum Gasteiger partial charge on any atom is 0.230 e. The lowest BCUT2D eigenvalue weighted by molar-refractivity contribution is -0.455. The molecule has 1 aliphatic heterocycles. The highest BCUT2D eigenvalue weighted by molar-refractivity contribution is 6.31. The third kappa shape index (κ3) is 2.98. The third-order valence-electron chi connectivity index (χ3n) is 3.57. The Bertz CT molecular complexity index is 808. The number of benzene rings is 2. The van der Waals surface area contributed by atoms with Gasteiger partial charge in [-0.1, -0.05) is 28.9 Å². The van der Waals surface area contributed by atoms with Crippen molar-refractivity contribution in [1.29, 1.82) is 0 Å². The number of hydroxylamine groups is 1. The summed E-state index contributed by atoms with van der Waals surface area (Å²) in [5.41, 5.74) is 1.47. The molecular formula is C16H13ClFN3O2. The molecule has 1 aliphatic rings. The number of anilines is 1. The largest absolute Gasteiger partial charge is 0.623 e. The van der Waals surface area contributed by atoms with Gasteiger partial charge in [0.15, 0.2) is 6.54 Å². The van der Waals surface area contributed by atoms with Crippen molar-refractivity contribution >= 4 is 29.2 Å². The Balaban J connectivity index is 2.25. The number of oxime groups is 1. The Hall–Kier alpha value is -2.60. The maximum atomic E-state index is 14.2. The van der Waals surface area contributed by atoms with Crippen molar-refractivity contribution in [3.05, 3.63) is 69.6 Å². The first-order valence-corrected chi connectivity index (χ1v) is 7.28. The fourth-order valence-electron chi connectivity index (χ4n) is 2.59. The highest BCUT2D eigenvalue weighted by atomic mass is 35.5. The number of fused-ring (bicyclic) bond motifs is 1. The maximum absolute atomic E-state index is 14.2. The first-order valence-electron chi connectivity index (χ1n) is 6.90. The van der Waals surface area contributed by atoms with Crippen LogP contribution in [-0.4, -0.2) is 34.5 Å². The minimum absolute atomic E-state index is 0.0416. The molecule has 118 valence electrons. The van der Waals surface area contributed by atoms with Crippen LogP contribution in [-0.2, 0) is 0 Å². The molecule has 1 unspecified atom stereocenters. The minimum atomic E-state index is -0.526. The van der Waals surface area contributed by atoms with Crippen molar-refractivity contribution in [2.24, 2.45) is 5.16 Å². The summed E-state index contributed by atoms with van der Waals surface area (Å²) in [5.74, 6) is -0.497. The van der Waals surface area contributed by atoms with Crippen LogP contribution < -0.4 is 5.32 Å². The number of nitrogens with zero attached hydrogens (tertiary/aromatic N) is 2. The van der Waals surface area contributed by atoms with E-state index in [4.69, 9.17) is 16.8 Å². The number of hydrogen-bond donors (Lipinski definition) is 2. The fraction of sp³-hybridized carbons (Fsp3) is 0.125. The van der Waals surface area contributed by atoms with E-state index in [1.165, 1.54) is 12.3 Å². The Morgan fingerprint density at radius 2 is 2.09 bits per heavy atom. The van der Waals surface area contributed by atoms with Crippen molar-refractivity contribution in [1.82, 2.24) is 0 Å². The molecule has 0 aromatic heterocycles. The van der Waals surface area contributed by atoms with Crippen LogP contribution in [0.25, 0.3) is 0 Å². The number of rotatable bonds is 2. The summed E-state index contributed by atoms with van der Waals surface area (Å²) < 4.78 is 14.9. The van der Waals surface area contributed by atoms with E-state index in [0.717, 1.165) is 0 Å². The summed E-state index contributed by atoms with van der Waals surface area (Å²) >= 11 is 6.05. The summed E-state index contributed by atoms with van der Waals surface area (Å²) in [6, 6.07) is 10.5. The van der Waals surface area contributed by atoms with Crippen LogP contribution in [0.15, 0.2) is 47.6 Å². The van der Waals surface area contributed by atoms with Crippen LogP contribution in [0.3, 0.4) is 0 Å².